The van der Waals surface area contributed by atoms with Crippen LogP contribution in [0, 0.1) is 0 Å². The van der Waals surface area contributed by atoms with E-state index in [1.54, 1.807) is 0 Å². The molecular formula is C20H28Cl2N2. The second-order valence-electron chi connectivity index (χ2n) is 6.62. The molecule has 0 bridgehead atoms. The molecule has 1 aliphatic rings. The van der Waals surface area contributed by atoms with E-state index in [1.165, 1.54) is 29.5 Å². The molecule has 1 heterocycles. The second-order valence-corrected chi connectivity index (χ2v) is 6.62. The molecule has 0 aromatic heterocycles. The lowest BCUT2D eigenvalue weighted by Crippen LogP contribution is -2.44. The van der Waals surface area contributed by atoms with E-state index in [-0.39, 0.29) is 30.2 Å². The number of benzene rings is 2. The third kappa shape index (κ3) is 4.31. The van der Waals surface area contributed by atoms with Gasteiger partial charge in [0, 0.05) is 18.5 Å². The minimum Gasteiger partial charge on any atom is -0.311 e. The fraction of sp³-hybridized carbons (Fsp3) is 0.400. The van der Waals surface area contributed by atoms with Gasteiger partial charge in [-0.2, -0.15) is 0 Å². The molecule has 0 aliphatic carbocycles. The van der Waals surface area contributed by atoms with Crippen LogP contribution in [0.5, 0.6) is 0 Å². The average molecular weight is 367 g/mol. The lowest BCUT2D eigenvalue weighted by molar-refractivity contribution is 0.341. The van der Waals surface area contributed by atoms with E-state index in [2.05, 4.69) is 78.9 Å². The molecule has 0 saturated carbocycles. The molecule has 0 amide bonds. The SMILES string of the molecule is CN(C)CCCC1(c2ccccc2)CNCc2ccccc21.Cl.Cl. The molecule has 132 valence electrons. The van der Waals surface area contributed by atoms with E-state index < -0.39 is 0 Å². The average Bonchev–Trinajstić information content (AvgIpc) is 2.55. The Hall–Kier alpha value is -1.06. The third-order valence-electron chi connectivity index (χ3n) is 4.81. The fourth-order valence-corrected chi connectivity index (χ4v) is 3.73. The van der Waals surface area contributed by atoms with E-state index in [4.69, 9.17) is 0 Å². The van der Waals surface area contributed by atoms with Gasteiger partial charge in [-0.05, 0) is 50.2 Å². The lowest BCUT2D eigenvalue weighted by Gasteiger charge is -2.40. The van der Waals surface area contributed by atoms with Crippen molar-refractivity contribution in [2.24, 2.45) is 0 Å². The molecule has 0 radical (unpaired) electrons. The van der Waals surface area contributed by atoms with E-state index in [0.717, 1.165) is 19.6 Å². The summed E-state index contributed by atoms with van der Waals surface area (Å²) in [5, 5.41) is 3.65. The number of nitrogens with one attached hydrogen (secondary N) is 1. The Morgan fingerprint density at radius 3 is 2.33 bits per heavy atom. The summed E-state index contributed by atoms with van der Waals surface area (Å²) in [5.41, 5.74) is 4.50. The first-order valence-electron chi connectivity index (χ1n) is 8.22. The summed E-state index contributed by atoms with van der Waals surface area (Å²) >= 11 is 0. The van der Waals surface area contributed by atoms with E-state index in [0.29, 0.717) is 0 Å². The minimum absolute atomic E-state index is 0. The van der Waals surface area contributed by atoms with Crippen LogP contribution in [0.25, 0.3) is 0 Å². The summed E-state index contributed by atoms with van der Waals surface area (Å²) in [5.74, 6) is 0. The highest BCUT2D eigenvalue weighted by Gasteiger charge is 2.37. The van der Waals surface area contributed by atoms with Crippen LogP contribution in [0.4, 0.5) is 0 Å². The molecule has 1 atom stereocenters. The normalized spacial score (nSPS) is 19.1. The van der Waals surface area contributed by atoms with Crippen LogP contribution in [0.3, 0.4) is 0 Å². The summed E-state index contributed by atoms with van der Waals surface area (Å²) in [4.78, 5) is 2.28. The molecule has 2 aromatic rings. The molecule has 1 N–H and O–H groups in total. The van der Waals surface area contributed by atoms with Gasteiger partial charge in [-0.1, -0.05) is 54.6 Å². The molecule has 0 spiro atoms. The summed E-state index contributed by atoms with van der Waals surface area (Å²) in [7, 11) is 4.31. The van der Waals surface area contributed by atoms with Gasteiger partial charge in [0.15, 0.2) is 0 Å². The van der Waals surface area contributed by atoms with Crippen molar-refractivity contribution in [3.63, 3.8) is 0 Å². The number of halogens is 2. The van der Waals surface area contributed by atoms with Crippen LogP contribution < -0.4 is 5.32 Å². The maximum atomic E-state index is 3.65. The quantitative estimate of drug-likeness (QED) is 0.850. The molecule has 3 rings (SSSR count). The highest BCUT2D eigenvalue weighted by molar-refractivity contribution is 5.85. The molecule has 1 unspecified atom stereocenters. The van der Waals surface area contributed by atoms with Crippen molar-refractivity contribution >= 4 is 24.8 Å². The third-order valence-corrected chi connectivity index (χ3v) is 4.81. The van der Waals surface area contributed by atoms with Crippen molar-refractivity contribution in [1.82, 2.24) is 10.2 Å². The van der Waals surface area contributed by atoms with Gasteiger partial charge in [0.05, 0.1) is 0 Å². The summed E-state index contributed by atoms with van der Waals surface area (Å²) in [6, 6.07) is 20.0. The van der Waals surface area contributed by atoms with Gasteiger partial charge < -0.3 is 10.2 Å². The Morgan fingerprint density at radius 2 is 1.62 bits per heavy atom. The largest absolute Gasteiger partial charge is 0.311 e. The summed E-state index contributed by atoms with van der Waals surface area (Å²) in [6.07, 6.45) is 2.39. The van der Waals surface area contributed by atoms with Gasteiger partial charge >= 0.3 is 0 Å². The number of nitrogens with zero attached hydrogens (tertiary/aromatic N) is 1. The maximum Gasteiger partial charge on any atom is 0.0331 e. The Bertz CT molecular complexity index is 616. The standard InChI is InChI=1S/C20H26N2.2ClH/c1-22(2)14-8-13-20(18-10-4-3-5-11-18)16-21-15-17-9-6-7-12-19(17)20;;/h3-7,9-12,21H,8,13-16H2,1-2H3;2*1H. The van der Waals surface area contributed by atoms with Gasteiger partial charge in [0.25, 0.3) is 0 Å². The van der Waals surface area contributed by atoms with Gasteiger partial charge in [-0.3, -0.25) is 0 Å². The van der Waals surface area contributed by atoms with E-state index >= 15 is 0 Å². The van der Waals surface area contributed by atoms with Crippen LogP contribution in [0.1, 0.15) is 29.5 Å². The van der Waals surface area contributed by atoms with Crippen molar-refractivity contribution in [1.29, 1.82) is 0 Å². The van der Waals surface area contributed by atoms with Crippen molar-refractivity contribution in [2.45, 2.75) is 24.8 Å². The predicted molar refractivity (Wildman–Crippen MR) is 108 cm³/mol. The second kappa shape index (κ2) is 9.43. The first kappa shape index (κ1) is 21.0. The number of fused-ring (bicyclic) bond motifs is 1. The van der Waals surface area contributed by atoms with Crippen LogP contribution in [-0.2, 0) is 12.0 Å². The fourth-order valence-electron chi connectivity index (χ4n) is 3.73. The zero-order valence-electron chi connectivity index (χ0n) is 14.5. The predicted octanol–water partition coefficient (Wildman–Crippen LogP) is 4.26. The van der Waals surface area contributed by atoms with Gasteiger partial charge in [-0.25, -0.2) is 0 Å². The monoisotopic (exact) mass is 366 g/mol. The zero-order valence-corrected chi connectivity index (χ0v) is 16.1. The Labute approximate surface area is 158 Å². The number of rotatable bonds is 5. The highest BCUT2D eigenvalue weighted by atomic mass is 35.5. The summed E-state index contributed by atoms with van der Waals surface area (Å²) in [6.45, 7) is 3.15. The van der Waals surface area contributed by atoms with Crippen LogP contribution >= 0.6 is 24.8 Å². The van der Waals surface area contributed by atoms with E-state index in [9.17, 15) is 0 Å². The van der Waals surface area contributed by atoms with Gasteiger partial charge in [-0.15, -0.1) is 24.8 Å². The summed E-state index contributed by atoms with van der Waals surface area (Å²) < 4.78 is 0. The topological polar surface area (TPSA) is 15.3 Å². The first-order chi connectivity index (χ1) is 10.7. The number of hydrogen-bond donors (Lipinski definition) is 1. The van der Waals surface area contributed by atoms with Crippen LogP contribution in [0.2, 0.25) is 0 Å². The Morgan fingerprint density at radius 1 is 0.958 bits per heavy atom. The Kier molecular flexibility index (Phi) is 8.24. The Balaban J connectivity index is 0.00000144. The molecule has 4 heteroatoms. The molecule has 2 nitrogen and oxygen atoms in total. The molecule has 0 fully saturated rings. The highest BCUT2D eigenvalue weighted by Crippen LogP contribution is 2.40. The van der Waals surface area contributed by atoms with Gasteiger partial charge in [0.2, 0.25) is 0 Å². The van der Waals surface area contributed by atoms with Crippen LogP contribution in [0.15, 0.2) is 54.6 Å². The van der Waals surface area contributed by atoms with Crippen molar-refractivity contribution in [3.8, 4) is 0 Å². The van der Waals surface area contributed by atoms with Crippen LogP contribution in [-0.4, -0.2) is 32.1 Å². The molecule has 0 saturated heterocycles. The van der Waals surface area contributed by atoms with Crippen molar-refractivity contribution < 1.29 is 0 Å². The maximum absolute atomic E-state index is 3.65. The van der Waals surface area contributed by atoms with Crippen molar-refractivity contribution in [3.05, 3.63) is 71.3 Å². The van der Waals surface area contributed by atoms with Crippen molar-refractivity contribution in [2.75, 3.05) is 27.2 Å². The lowest BCUT2D eigenvalue weighted by atomic mass is 9.68. The van der Waals surface area contributed by atoms with E-state index in [1.807, 2.05) is 0 Å². The first-order valence-corrected chi connectivity index (χ1v) is 8.22. The minimum atomic E-state index is 0. The molecular weight excluding hydrogens is 339 g/mol. The smallest absolute Gasteiger partial charge is 0.0331 e. The zero-order chi connectivity index (χ0) is 15.4. The molecule has 1 aliphatic heterocycles. The molecule has 2 aromatic carbocycles. The molecule has 24 heavy (non-hydrogen) atoms. The van der Waals surface area contributed by atoms with Gasteiger partial charge in [0.1, 0.15) is 0 Å². The number of hydrogen-bond acceptors (Lipinski definition) is 2.